The van der Waals surface area contributed by atoms with Crippen LogP contribution in [0.25, 0.3) is 0 Å². The molecule has 1 aliphatic heterocycles. The summed E-state index contributed by atoms with van der Waals surface area (Å²) in [6, 6.07) is 2.03. The van der Waals surface area contributed by atoms with Crippen molar-refractivity contribution in [1.82, 2.24) is 20.0 Å². The highest BCUT2D eigenvalue weighted by Gasteiger charge is 2.29. The first-order valence-corrected chi connectivity index (χ1v) is 9.41. The van der Waals surface area contributed by atoms with E-state index in [1.807, 2.05) is 13.0 Å². The summed E-state index contributed by atoms with van der Waals surface area (Å²) in [4.78, 5) is 14.6. The zero-order chi connectivity index (χ0) is 17.4. The fraction of sp³-hybridized carbons (Fsp3) is 0.632. The third-order valence-corrected chi connectivity index (χ3v) is 5.23. The quantitative estimate of drug-likeness (QED) is 0.833. The molecular weight excluding hydrogens is 314 g/mol. The summed E-state index contributed by atoms with van der Waals surface area (Å²) in [5.41, 5.74) is 3.42. The van der Waals surface area contributed by atoms with Crippen LogP contribution in [0.1, 0.15) is 54.2 Å². The number of aromatic nitrogens is 3. The Kier molecular flexibility index (Phi) is 4.46. The van der Waals surface area contributed by atoms with E-state index in [4.69, 9.17) is 14.5 Å². The van der Waals surface area contributed by atoms with Gasteiger partial charge in [0.15, 0.2) is 5.76 Å². The van der Waals surface area contributed by atoms with Gasteiger partial charge in [0, 0.05) is 49.4 Å². The number of hydrogen-bond acceptors (Lipinski definition) is 6. The Hall–Kier alpha value is -1.95. The lowest BCUT2D eigenvalue weighted by Gasteiger charge is -2.36. The van der Waals surface area contributed by atoms with Crippen molar-refractivity contribution in [3.05, 3.63) is 34.6 Å². The van der Waals surface area contributed by atoms with Crippen molar-refractivity contribution in [1.29, 1.82) is 0 Å². The minimum absolute atomic E-state index is 0.597. The van der Waals surface area contributed by atoms with E-state index in [0.717, 1.165) is 62.1 Å². The molecule has 1 aliphatic carbocycles. The maximum atomic E-state index is 5.35. The van der Waals surface area contributed by atoms with Crippen LogP contribution in [0.3, 0.4) is 0 Å². The zero-order valence-corrected chi connectivity index (χ0v) is 15.5. The Bertz CT molecular complexity index is 744. The van der Waals surface area contributed by atoms with Gasteiger partial charge in [0.1, 0.15) is 11.6 Å². The van der Waals surface area contributed by atoms with Gasteiger partial charge in [-0.2, -0.15) is 0 Å². The molecule has 2 aliphatic rings. The first-order chi connectivity index (χ1) is 12.1. The molecule has 3 heterocycles. The average Bonchev–Trinajstić information content (AvgIpc) is 3.38. The Morgan fingerprint density at radius 3 is 2.48 bits per heavy atom. The Balaban J connectivity index is 1.46. The van der Waals surface area contributed by atoms with Crippen LogP contribution in [0.5, 0.6) is 0 Å². The Morgan fingerprint density at radius 1 is 1.12 bits per heavy atom. The Labute approximate surface area is 149 Å². The monoisotopic (exact) mass is 341 g/mol. The number of piperazine rings is 1. The summed E-state index contributed by atoms with van der Waals surface area (Å²) in [6.45, 7) is 11.2. The highest BCUT2D eigenvalue weighted by atomic mass is 16.5. The van der Waals surface area contributed by atoms with Gasteiger partial charge in [-0.1, -0.05) is 12.1 Å². The average molecular weight is 341 g/mol. The van der Waals surface area contributed by atoms with Crippen molar-refractivity contribution in [2.45, 2.75) is 52.5 Å². The zero-order valence-electron chi connectivity index (χ0n) is 15.5. The lowest BCUT2D eigenvalue weighted by atomic mass is 10.1. The van der Waals surface area contributed by atoms with Crippen LogP contribution in [0.4, 0.5) is 5.82 Å². The van der Waals surface area contributed by atoms with E-state index in [0.29, 0.717) is 5.92 Å². The standard InChI is InChI=1S/C19H27N5O/c1-4-17-14(3)20-18(15-5-6-15)21-19(17)24-9-7-23(8-10-24)12-16-11-13(2)22-25-16/h11,15H,4-10,12H2,1-3H3. The van der Waals surface area contributed by atoms with E-state index in [2.05, 4.69) is 28.8 Å². The molecule has 0 amide bonds. The lowest BCUT2D eigenvalue weighted by molar-refractivity contribution is 0.219. The Morgan fingerprint density at radius 2 is 1.88 bits per heavy atom. The molecule has 6 heteroatoms. The van der Waals surface area contributed by atoms with Gasteiger partial charge in [0.25, 0.3) is 0 Å². The number of rotatable bonds is 5. The molecule has 0 atom stereocenters. The van der Waals surface area contributed by atoms with Crippen molar-refractivity contribution in [3.8, 4) is 0 Å². The summed E-state index contributed by atoms with van der Waals surface area (Å²) in [7, 11) is 0. The van der Waals surface area contributed by atoms with Gasteiger partial charge in [-0.05, 0) is 33.1 Å². The summed E-state index contributed by atoms with van der Waals surface area (Å²) in [6.07, 6.45) is 3.48. The van der Waals surface area contributed by atoms with Crippen molar-refractivity contribution in [2.24, 2.45) is 0 Å². The molecule has 1 saturated carbocycles. The minimum Gasteiger partial charge on any atom is -0.360 e. The maximum Gasteiger partial charge on any atom is 0.150 e. The van der Waals surface area contributed by atoms with Crippen molar-refractivity contribution in [2.75, 3.05) is 31.1 Å². The smallest absolute Gasteiger partial charge is 0.150 e. The molecular formula is C19H27N5O. The van der Waals surface area contributed by atoms with Gasteiger partial charge in [-0.25, -0.2) is 9.97 Å². The van der Waals surface area contributed by atoms with Crippen LogP contribution in [-0.4, -0.2) is 46.2 Å². The lowest BCUT2D eigenvalue weighted by Crippen LogP contribution is -2.46. The van der Waals surface area contributed by atoms with Crippen molar-refractivity contribution < 1.29 is 4.52 Å². The van der Waals surface area contributed by atoms with Gasteiger partial charge in [-0.3, -0.25) is 4.90 Å². The topological polar surface area (TPSA) is 58.3 Å². The van der Waals surface area contributed by atoms with E-state index < -0.39 is 0 Å². The molecule has 0 spiro atoms. The van der Waals surface area contributed by atoms with E-state index in [1.54, 1.807) is 0 Å². The van der Waals surface area contributed by atoms with Crippen LogP contribution in [0, 0.1) is 13.8 Å². The molecule has 25 heavy (non-hydrogen) atoms. The second-order valence-electron chi connectivity index (χ2n) is 7.30. The van der Waals surface area contributed by atoms with Crippen molar-refractivity contribution in [3.63, 3.8) is 0 Å². The second-order valence-corrected chi connectivity index (χ2v) is 7.30. The predicted molar refractivity (Wildman–Crippen MR) is 96.9 cm³/mol. The second kappa shape index (κ2) is 6.75. The fourth-order valence-electron chi connectivity index (χ4n) is 3.63. The van der Waals surface area contributed by atoms with Crippen LogP contribution in [0.15, 0.2) is 10.6 Å². The molecule has 0 N–H and O–H groups in total. The maximum absolute atomic E-state index is 5.35. The molecule has 0 radical (unpaired) electrons. The van der Waals surface area contributed by atoms with Crippen molar-refractivity contribution >= 4 is 5.82 Å². The largest absolute Gasteiger partial charge is 0.360 e. The first-order valence-electron chi connectivity index (χ1n) is 9.41. The van der Waals surface area contributed by atoms with Crippen LogP contribution in [0.2, 0.25) is 0 Å². The van der Waals surface area contributed by atoms with Gasteiger partial charge in [0.2, 0.25) is 0 Å². The molecule has 2 aromatic rings. The summed E-state index contributed by atoms with van der Waals surface area (Å²) >= 11 is 0. The first kappa shape index (κ1) is 16.5. The van der Waals surface area contributed by atoms with E-state index in [9.17, 15) is 0 Å². The molecule has 2 aromatic heterocycles. The number of aryl methyl sites for hydroxylation is 2. The van der Waals surface area contributed by atoms with E-state index in [1.165, 1.54) is 24.2 Å². The summed E-state index contributed by atoms with van der Waals surface area (Å²) in [5, 5.41) is 3.98. The fourth-order valence-corrected chi connectivity index (χ4v) is 3.63. The molecule has 2 fully saturated rings. The predicted octanol–water partition coefficient (Wildman–Crippen LogP) is 2.84. The molecule has 0 bridgehead atoms. The van der Waals surface area contributed by atoms with E-state index >= 15 is 0 Å². The highest BCUT2D eigenvalue weighted by molar-refractivity contribution is 5.50. The third-order valence-electron chi connectivity index (χ3n) is 5.23. The van der Waals surface area contributed by atoms with Crippen LogP contribution < -0.4 is 4.90 Å². The molecule has 4 rings (SSSR count). The molecule has 134 valence electrons. The number of anilines is 1. The van der Waals surface area contributed by atoms with Gasteiger partial charge < -0.3 is 9.42 Å². The minimum atomic E-state index is 0.597. The van der Waals surface area contributed by atoms with E-state index in [-0.39, 0.29) is 0 Å². The SMILES string of the molecule is CCc1c(C)nc(C2CC2)nc1N1CCN(Cc2cc(C)no2)CC1. The third kappa shape index (κ3) is 3.54. The summed E-state index contributed by atoms with van der Waals surface area (Å²) in [5.74, 6) is 3.78. The molecule has 0 unspecified atom stereocenters. The number of nitrogens with zero attached hydrogens (tertiary/aromatic N) is 5. The molecule has 0 aromatic carbocycles. The molecule has 6 nitrogen and oxygen atoms in total. The molecule has 1 saturated heterocycles. The number of hydrogen-bond donors (Lipinski definition) is 0. The van der Waals surface area contributed by atoms with Gasteiger partial charge in [-0.15, -0.1) is 0 Å². The highest BCUT2D eigenvalue weighted by Crippen LogP contribution is 2.39. The van der Waals surface area contributed by atoms with Crippen LogP contribution >= 0.6 is 0 Å². The normalized spacial score (nSPS) is 18.8. The van der Waals surface area contributed by atoms with Crippen LogP contribution in [-0.2, 0) is 13.0 Å². The van der Waals surface area contributed by atoms with Gasteiger partial charge in [0.05, 0.1) is 12.2 Å². The summed E-state index contributed by atoms with van der Waals surface area (Å²) < 4.78 is 5.35. The van der Waals surface area contributed by atoms with Gasteiger partial charge >= 0.3 is 0 Å².